The first-order valence-corrected chi connectivity index (χ1v) is 6.98. The van der Waals surface area contributed by atoms with E-state index in [2.05, 4.69) is 6.07 Å². The Bertz CT molecular complexity index is 541. The molecule has 1 aromatic rings. The molecule has 0 fully saturated rings. The molecule has 106 valence electrons. The Labute approximate surface area is 119 Å². The third kappa shape index (κ3) is 3.98. The van der Waals surface area contributed by atoms with Gasteiger partial charge < -0.3 is 9.84 Å². The summed E-state index contributed by atoms with van der Waals surface area (Å²) in [4.78, 5) is 10.4. The quantitative estimate of drug-likeness (QED) is 0.659. The van der Waals surface area contributed by atoms with E-state index < -0.39 is 5.97 Å². The number of ether oxygens (including phenoxy) is 1. The fraction of sp³-hybridized carbons (Fsp3) is 0.353. The molecule has 0 bridgehead atoms. The van der Waals surface area contributed by atoms with Crippen molar-refractivity contribution in [3.8, 4) is 5.75 Å². The molecule has 1 aliphatic rings. The molecule has 0 heterocycles. The van der Waals surface area contributed by atoms with Crippen LogP contribution in [0.5, 0.6) is 5.75 Å². The number of allylic oxidation sites excluding steroid dienone is 2. The first kappa shape index (κ1) is 14.4. The van der Waals surface area contributed by atoms with Crippen molar-refractivity contribution >= 4 is 5.97 Å². The van der Waals surface area contributed by atoms with Crippen molar-refractivity contribution in [3.63, 3.8) is 0 Å². The van der Waals surface area contributed by atoms with Crippen LogP contribution < -0.4 is 4.74 Å². The highest BCUT2D eigenvalue weighted by Gasteiger charge is 2.13. The summed E-state index contributed by atoms with van der Waals surface area (Å²) in [6.45, 7) is 2.33. The highest BCUT2D eigenvalue weighted by molar-refractivity contribution is 5.80. The molecule has 0 amide bonds. The molecule has 0 aromatic heterocycles. The van der Waals surface area contributed by atoms with Crippen molar-refractivity contribution in [2.45, 2.75) is 32.6 Å². The minimum Gasteiger partial charge on any atom is -0.489 e. The number of fused-ring (bicyclic) bond motifs is 1. The van der Waals surface area contributed by atoms with Crippen LogP contribution in [0.25, 0.3) is 0 Å². The molecule has 3 heteroatoms. The van der Waals surface area contributed by atoms with E-state index in [1.54, 1.807) is 6.08 Å². The smallest absolute Gasteiger partial charge is 0.328 e. The SMILES string of the molecule is CC(/C=C/C(=O)O)=C\COc1cccc2c1CCCC2. The molecule has 0 unspecified atom stereocenters. The maximum Gasteiger partial charge on any atom is 0.328 e. The van der Waals surface area contributed by atoms with Gasteiger partial charge in [-0.25, -0.2) is 4.79 Å². The maximum absolute atomic E-state index is 10.4. The fourth-order valence-electron chi connectivity index (χ4n) is 2.42. The summed E-state index contributed by atoms with van der Waals surface area (Å²) in [5, 5.41) is 8.55. The average Bonchev–Trinajstić information content (AvgIpc) is 2.45. The number of benzene rings is 1. The van der Waals surface area contributed by atoms with Crippen molar-refractivity contribution in [2.75, 3.05) is 6.61 Å². The van der Waals surface area contributed by atoms with Crippen LogP contribution >= 0.6 is 0 Å². The second-order valence-corrected chi connectivity index (χ2v) is 5.03. The van der Waals surface area contributed by atoms with Gasteiger partial charge in [-0.3, -0.25) is 0 Å². The molecule has 0 atom stereocenters. The minimum absolute atomic E-state index is 0.465. The molecule has 0 saturated heterocycles. The number of aryl methyl sites for hydroxylation is 1. The predicted molar refractivity (Wildman–Crippen MR) is 79.1 cm³/mol. The average molecular weight is 272 g/mol. The Morgan fingerprint density at radius 1 is 1.30 bits per heavy atom. The Balaban J connectivity index is 1.98. The summed E-state index contributed by atoms with van der Waals surface area (Å²) < 4.78 is 5.82. The van der Waals surface area contributed by atoms with Gasteiger partial charge in [-0.15, -0.1) is 0 Å². The first-order valence-electron chi connectivity index (χ1n) is 6.98. The van der Waals surface area contributed by atoms with Crippen LogP contribution in [-0.2, 0) is 17.6 Å². The van der Waals surface area contributed by atoms with Gasteiger partial charge in [-0.1, -0.05) is 23.8 Å². The van der Waals surface area contributed by atoms with Gasteiger partial charge in [0.15, 0.2) is 0 Å². The van der Waals surface area contributed by atoms with Crippen LogP contribution in [-0.4, -0.2) is 17.7 Å². The molecular weight excluding hydrogens is 252 g/mol. The molecule has 20 heavy (non-hydrogen) atoms. The number of carbonyl (C=O) groups is 1. The zero-order valence-corrected chi connectivity index (χ0v) is 11.8. The lowest BCUT2D eigenvalue weighted by Crippen LogP contribution is -2.06. The second-order valence-electron chi connectivity index (χ2n) is 5.03. The molecule has 2 rings (SSSR count). The van der Waals surface area contributed by atoms with Gasteiger partial charge in [0.25, 0.3) is 0 Å². The van der Waals surface area contributed by atoms with Crippen molar-refractivity contribution in [1.82, 2.24) is 0 Å². The molecular formula is C17H20O3. The van der Waals surface area contributed by atoms with Gasteiger partial charge in [-0.05, 0) is 55.9 Å². The summed E-state index contributed by atoms with van der Waals surface area (Å²) >= 11 is 0. The fourth-order valence-corrected chi connectivity index (χ4v) is 2.42. The van der Waals surface area contributed by atoms with Crippen LogP contribution in [0.15, 0.2) is 42.0 Å². The molecule has 1 N–H and O–H groups in total. The third-order valence-electron chi connectivity index (χ3n) is 3.49. The Morgan fingerprint density at radius 3 is 2.90 bits per heavy atom. The van der Waals surface area contributed by atoms with Crippen molar-refractivity contribution in [1.29, 1.82) is 0 Å². The predicted octanol–water partition coefficient (Wildman–Crippen LogP) is 3.53. The zero-order valence-electron chi connectivity index (χ0n) is 11.8. The monoisotopic (exact) mass is 272 g/mol. The lowest BCUT2D eigenvalue weighted by atomic mass is 9.91. The summed E-state index contributed by atoms with van der Waals surface area (Å²) in [5.41, 5.74) is 3.63. The van der Waals surface area contributed by atoms with E-state index in [0.29, 0.717) is 6.61 Å². The highest BCUT2D eigenvalue weighted by atomic mass is 16.5. The van der Waals surface area contributed by atoms with Crippen LogP contribution in [0.4, 0.5) is 0 Å². The van der Waals surface area contributed by atoms with E-state index >= 15 is 0 Å². The number of rotatable bonds is 5. The summed E-state index contributed by atoms with van der Waals surface area (Å²) in [7, 11) is 0. The standard InChI is InChI=1S/C17H20O3/c1-13(9-10-17(18)19)11-12-20-16-8-4-6-14-5-2-3-7-15(14)16/h4,6,8-11H,2-3,5,7,12H2,1H3,(H,18,19)/b10-9+,13-11+. The molecule has 1 aliphatic carbocycles. The number of hydrogen-bond acceptors (Lipinski definition) is 2. The number of aliphatic carboxylic acids is 1. The largest absolute Gasteiger partial charge is 0.489 e. The van der Waals surface area contributed by atoms with E-state index in [1.807, 2.05) is 25.1 Å². The van der Waals surface area contributed by atoms with Gasteiger partial charge in [0.1, 0.15) is 12.4 Å². The van der Waals surface area contributed by atoms with E-state index in [4.69, 9.17) is 9.84 Å². The van der Waals surface area contributed by atoms with Crippen LogP contribution in [0.1, 0.15) is 30.9 Å². The number of carboxylic acid groups (broad SMARTS) is 1. The summed E-state index contributed by atoms with van der Waals surface area (Å²) in [6, 6.07) is 6.23. The van der Waals surface area contributed by atoms with Gasteiger partial charge in [0, 0.05) is 6.08 Å². The number of carboxylic acids is 1. The van der Waals surface area contributed by atoms with Gasteiger partial charge >= 0.3 is 5.97 Å². The number of hydrogen-bond donors (Lipinski definition) is 1. The molecule has 3 nitrogen and oxygen atoms in total. The van der Waals surface area contributed by atoms with E-state index in [9.17, 15) is 4.79 Å². The lowest BCUT2D eigenvalue weighted by molar-refractivity contribution is -0.131. The minimum atomic E-state index is -0.934. The van der Waals surface area contributed by atoms with Crippen LogP contribution in [0, 0.1) is 0 Å². The maximum atomic E-state index is 10.4. The molecule has 0 aliphatic heterocycles. The molecule has 1 aromatic carbocycles. The summed E-state index contributed by atoms with van der Waals surface area (Å²) in [6.07, 6.45) is 9.32. The summed E-state index contributed by atoms with van der Waals surface area (Å²) in [5.74, 6) is 0.0317. The van der Waals surface area contributed by atoms with Crippen molar-refractivity contribution in [2.24, 2.45) is 0 Å². The normalized spacial score (nSPS) is 15.2. The van der Waals surface area contributed by atoms with Gasteiger partial charge in [0.05, 0.1) is 0 Å². The Morgan fingerprint density at radius 2 is 2.10 bits per heavy atom. The first-order chi connectivity index (χ1) is 9.66. The van der Waals surface area contributed by atoms with E-state index in [-0.39, 0.29) is 0 Å². The van der Waals surface area contributed by atoms with Crippen molar-refractivity contribution in [3.05, 3.63) is 53.1 Å². The highest BCUT2D eigenvalue weighted by Crippen LogP contribution is 2.29. The van der Waals surface area contributed by atoms with Crippen LogP contribution in [0.2, 0.25) is 0 Å². The van der Waals surface area contributed by atoms with Crippen LogP contribution in [0.3, 0.4) is 0 Å². The van der Waals surface area contributed by atoms with Crippen molar-refractivity contribution < 1.29 is 14.6 Å². The van der Waals surface area contributed by atoms with E-state index in [1.165, 1.54) is 24.0 Å². The van der Waals surface area contributed by atoms with E-state index in [0.717, 1.165) is 30.2 Å². The zero-order chi connectivity index (χ0) is 14.4. The second kappa shape index (κ2) is 6.94. The molecule has 0 spiro atoms. The van der Waals surface area contributed by atoms with Gasteiger partial charge in [-0.2, -0.15) is 0 Å². The Hall–Kier alpha value is -2.03. The third-order valence-corrected chi connectivity index (χ3v) is 3.49. The van der Waals surface area contributed by atoms with Gasteiger partial charge in [0.2, 0.25) is 0 Å². The molecule has 0 saturated carbocycles. The topological polar surface area (TPSA) is 46.5 Å². The lowest BCUT2D eigenvalue weighted by Gasteiger charge is -2.19. The Kier molecular flexibility index (Phi) is 4.99. The molecule has 0 radical (unpaired) electrons.